The molecule has 120 valence electrons. The summed E-state index contributed by atoms with van der Waals surface area (Å²) in [6, 6.07) is 6.18. The minimum absolute atomic E-state index is 0.00556. The van der Waals surface area contributed by atoms with Crippen LogP contribution in [0, 0.1) is 6.92 Å². The van der Waals surface area contributed by atoms with Crippen LogP contribution in [0.15, 0.2) is 34.3 Å². The first-order valence-electron chi connectivity index (χ1n) is 6.90. The van der Waals surface area contributed by atoms with Gasteiger partial charge >= 0.3 is 5.97 Å². The van der Waals surface area contributed by atoms with Crippen molar-refractivity contribution < 1.29 is 23.1 Å². The van der Waals surface area contributed by atoms with Crippen molar-refractivity contribution in [1.82, 2.24) is 4.41 Å². The molecule has 0 radical (unpaired) electrons. The van der Waals surface area contributed by atoms with Crippen molar-refractivity contribution in [2.24, 2.45) is 5.10 Å². The fourth-order valence-electron chi connectivity index (χ4n) is 2.00. The van der Waals surface area contributed by atoms with Crippen molar-refractivity contribution in [2.75, 3.05) is 6.61 Å². The number of benzene rings is 1. The van der Waals surface area contributed by atoms with Crippen molar-refractivity contribution >= 4 is 21.7 Å². The van der Waals surface area contributed by atoms with Crippen molar-refractivity contribution in [3.05, 3.63) is 29.8 Å². The lowest BCUT2D eigenvalue weighted by atomic mass is 10.2. The van der Waals surface area contributed by atoms with E-state index in [1.165, 1.54) is 12.1 Å². The topological polar surface area (TPSA) is 96.3 Å². The lowest BCUT2D eigenvalue weighted by Gasteiger charge is -2.28. The Kier molecular flexibility index (Phi) is 4.82. The van der Waals surface area contributed by atoms with Gasteiger partial charge in [0.05, 0.1) is 11.5 Å². The maximum Gasteiger partial charge on any atom is 0.354 e. The van der Waals surface area contributed by atoms with Gasteiger partial charge in [-0.25, -0.2) is 4.79 Å². The lowest BCUT2D eigenvalue weighted by molar-refractivity contribution is -0.135. The predicted octanol–water partition coefficient (Wildman–Crippen LogP) is 1.02. The molecule has 0 aliphatic carbocycles. The fourth-order valence-corrected chi connectivity index (χ4v) is 3.33. The molecule has 0 unspecified atom stereocenters. The summed E-state index contributed by atoms with van der Waals surface area (Å²) in [7, 11) is -4.02. The largest absolute Gasteiger partial charge is 0.461 e. The van der Waals surface area contributed by atoms with Crippen LogP contribution in [-0.4, -0.2) is 42.5 Å². The van der Waals surface area contributed by atoms with Crippen molar-refractivity contribution in [3.63, 3.8) is 0 Å². The molecule has 0 fully saturated rings. The molecule has 1 aromatic carbocycles. The van der Waals surface area contributed by atoms with Crippen LogP contribution >= 0.6 is 0 Å². The molecular formula is C14H18N2O5S. The van der Waals surface area contributed by atoms with Crippen LogP contribution in [0.4, 0.5) is 0 Å². The second kappa shape index (κ2) is 6.45. The highest BCUT2D eigenvalue weighted by Crippen LogP contribution is 2.24. The number of aliphatic hydroxyl groups excluding tert-OH is 1. The number of sulfonamides is 1. The van der Waals surface area contributed by atoms with Crippen LogP contribution in [0.3, 0.4) is 0 Å². The molecule has 8 heteroatoms. The first-order chi connectivity index (χ1) is 10.4. The van der Waals surface area contributed by atoms with Gasteiger partial charge in [-0.15, -0.1) is 0 Å². The zero-order valence-electron chi connectivity index (χ0n) is 12.4. The van der Waals surface area contributed by atoms with Crippen molar-refractivity contribution in [2.45, 2.75) is 37.8 Å². The van der Waals surface area contributed by atoms with Gasteiger partial charge in [0.1, 0.15) is 5.71 Å². The number of hydrogen-bond donors (Lipinski definition) is 1. The van der Waals surface area contributed by atoms with Crippen LogP contribution in [0.1, 0.15) is 25.3 Å². The summed E-state index contributed by atoms with van der Waals surface area (Å²) in [5.41, 5.74) is 0.900. The predicted molar refractivity (Wildman–Crippen MR) is 79.5 cm³/mol. The molecular weight excluding hydrogens is 308 g/mol. The van der Waals surface area contributed by atoms with E-state index in [1.807, 2.05) is 6.92 Å². The van der Waals surface area contributed by atoms with Crippen LogP contribution < -0.4 is 0 Å². The van der Waals surface area contributed by atoms with Crippen LogP contribution in [-0.2, 0) is 19.6 Å². The zero-order chi connectivity index (χ0) is 16.3. The molecule has 0 aromatic heterocycles. The molecule has 0 bridgehead atoms. The van der Waals surface area contributed by atoms with Gasteiger partial charge in [0.25, 0.3) is 10.0 Å². The summed E-state index contributed by atoms with van der Waals surface area (Å²) in [6.07, 6.45) is -1.05. The van der Waals surface area contributed by atoms with Crippen LogP contribution in [0.2, 0.25) is 0 Å². The van der Waals surface area contributed by atoms with E-state index in [-0.39, 0.29) is 30.1 Å². The Balaban J connectivity index is 2.37. The Morgan fingerprint density at radius 2 is 2.05 bits per heavy atom. The molecule has 1 aliphatic rings. The molecule has 22 heavy (non-hydrogen) atoms. The van der Waals surface area contributed by atoms with E-state index >= 15 is 0 Å². The molecule has 1 aromatic rings. The molecule has 1 aliphatic heterocycles. The van der Waals surface area contributed by atoms with E-state index in [0.717, 1.165) is 5.56 Å². The van der Waals surface area contributed by atoms with Gasteiger partial charge in [-0.1, -0.05) is 17.7 Å². The first kappa shape index (κ1) is 16.4. The van der Waals surface area contributed by atoms with E-state index in [4.69, 9.17) is 4.74 Å². The molecule has 0 spiro atoms. The van der Waals surface area contributed by atoms with Crippen molar-refractivity contribution in [3.8, 4) is 0 Å². The highest BCUT2D eigenvalue weighted by atomic mass is 32.2. The van der Waals surface area contributed by atoms with E-state index in [1.54, 1.807) is 19.1 Å². The van der Waals surface area contributed by atoms with Gasteiger partial charge in [-0.2, -0.15) is 17.9 Å². The van der Waals surface area contributed by atoms with E-state index < -0.39 is 22.2 Å². The number of hydrogen-bond acceptors (Lipinski definition) is 6. The Labute approximate surface area is 129 Å². The SMILES string of the molecule is CCOC(=O)C1=NN(S(=O)(=O)c2ccc(C)cc2)[C@@H](O)CC1. The third-order valence-electron chi connectivity index (χ3n) is 3.19. The first-order valence-corrected chi connectivity index (χ1v) is 8.34. The van der Waals surface area contributed by atoms with Crippen molar-refractivity contribution in [1.29, 1.82) is 0 Å². The van der Waals surface area contributed by atoms with Crippen LogP contribution in [0.5, 0.6) is 0 Å². The number of ether oxygens (including phenoxy) is 1. The molecule has 7 nitrogen and oxygen atoms in total. The minimum atomic E-state index is -4.02. The number of carbonyl (C=O) groups is 1. The summed E-state index contributed by atoms with van der Waals surface area (Å²) in [5, 5.41) is 13.7. The van der Waals surface area contributed by atoms with Gasteiger partial charge < -0.3 is 9.84 Å². The van der Waals surface area contributed by atoms with Crippen LogP contribution in [0.25, 0.3) is 0 Å². The highest BCUT2D eigenvalue weighted by Gasteiger charge is 2.34. The molecule has 0 saturated carbocycles. The Hall–Kier alpha value is -1.93. The van der Waals surface area contributed by atoms with Gasteiger partial charge in [0.15, 0.2) is 6.23 Å². The highest BCUT2D eigenvalue weighted by molar-refractivity contribution is 7.89. The number of carbonyl (C=O) groups excluding carboxylic acids is 1. The number of aryl methyl sites for hydroxylation is 1. The molecule has 0 saturated heterocycles. The molecule has 0 amide bonds. The van der Waals surface area contributed by atoms with Gasteiger partial charge in [0.2, 0.25) is 0 Å². The smallest absolute Gasteiger partial charge is 0.354 e. The average molecular weight is 326 g/mol. The van der Waals surface area contributed by atoms with Gasteiger partial charge in [-0.05, 0) is 26.0 Å². The maximum atomic E-state index is 12.5. The number of aliphatic hydroxyl groups is 1. The monoisotopic (exact) mass is 326 g/mol. The summed E-state index contributed by atoms with van der Waals surface area (Å²) < 4.78 is 30.5. The lowest BCUT2D eigenvalue weighted by Crippen LogP contribution is -2.41. The molecule has 1 N–H and O–H groups in total. The fraction of sp³-hybridized carbons (Fsp3) is 0.429. The van der Waals surface area contributed by atoms with E-state index in [0.29, 0.717) is 4.41 Å². The average Bonchev–Trinajstić information content (AvgIpc) is 2.48. The Morgan fingerprint density at radius 3 is 2.64 bits per heavy atom. The third-order valence-corrected chi connectivity index (χ3v) is 4.88. The molecule has 1 atom stereocenters. The quantitative estimate of drug-likeness (QED) is 0.833. The summed E-state index contributed by atoms with van der Waals surface area (Å²) in [6.45, 7) is 3.66. The Bertz CT molecular complexity index is 682. The zero-order valence-corrected chi connectivity index (χ0v) is 13.2. The van der Waals surface area contributed by atoms with E-state index in [2.05, 4.69) is 5.10 Å². The maximum absolute atomic E-state index is 12.5. The van der Waals surface area contributed by atoms with E-state index in [9.17, 15) is 18.3 Å². The number of nitrogens with zero attached hydrogens (tertiary/aromatic N) is 2. The minimum Gasteiger partial charge on any atom is -0.461 e. The molecule has 2 rings (SSSR count). The third kappa shape index (κ3) is 3.28. The Morgan fingerprint density at radius 1 is 1.41 bits per heavy atom. The van der Waals surface area contributed by atoms with Gasteiger partial charge in [0, 0.05) is 12.8 Å². The normalized spacial score (nSPS) is 18.8. The summed E-state index contributed by atoms with van der Waals surface area (Å²) in [5.74, 6) is -0.668. The van der Waals surface area contributed by atoms with Gasteiger partial charge in [-0.3, -0.25) is 0 Å². The second-order valence-electron chi connectivity index (χ2n) is 4.88. The standard InChI is InChI=1S/C14H18N2O5S/c1-3-21-14(18)12-8-9-13(17)16(15-12)22(19,20)11-6-4-10(2)5-7-11/h4-7,13,17H,3,8-9H2,1-2H3/t13-/m0/s1. The summed E-state index contributed by atoms with van der Waals surface area (Å²) >= 11 is 0. The molecule has 1 heterocycles. The summed E-state index contributed by atoms with van der Waals surface area (Å²) in [4.78, 5) is 11.7. The second-order valence-corrected chi connectivity index (χ2v) is 6.67. The number of rotatable bonds is 4. The number of hydrazone groups is 1. The number of esters is 1.